The lowest BCUT2D eigenvalue weighted by molar-refractivity contribution is -0.117. The van der Waals surface area contributed by atoms with Crippen LogP contribution >= 0.6 is 11.6 Å². The zero-order valence-electron chi connectivity index (χ0n) is 22.6. The maximum Gasteiger partial charge on any atom is 0.265 e. The minimum Gasteiger partial charge on any atom is -0.495 e. The predicted molar refractivity (Wildman–Crippen MR) is 153 cm³/mol. The number of halogens is 1. The number of anilines is 3. The van der Waals surface area contributed by atoms with Crippen LogP contribution in [0, 0.1) is 6.92 Å². The second-order valence-corrected chi connectivity index (χ2v) is 11.3. The van der Waals surface area contributed by atoms with E-state index in [0.717, 1.165) is 16.3 Å². The fourth-order valence-corrected chi connectivity index (χ4v) is 6.08. The number of rotatable bonds is 10. The van der Waals surface area contributed by atoms with Crippen LogP contribution in [0.15, 0.2) is 59.5 Å². The van der Waals surface area contributed by atoms with Crippen LogP contribution in [0.5, 0.6) is 17.2 Å². The lowest BCUT2D eigenvalue weighted by Gasteiger charge is -2.26. The summed E-state index contributed by atoms with van der Waals surface area (Å²) < 4.78 is 44.8. The number of aryl methyl sites for hydroxylation is 1. The van der Waals surface area contributed by atoms with Gasteiger partial charge in [0.2, 0.25) is 11.8 Å². The van der Waals surface area contributed by atoms with Gasteiger partial charge in [-0.2, -0.15) is 0 Å². The van der Waals surface area contributed by atoms with Gasteiger partial charge in [-0.3, -0.25) is 13.9 Å². The number of ether oxygens (including phenoxy) is 3. The topological polar surface area (TPSA) is 114 Å². The highest BCUT2D eigenvalue weighted by atomic mass is 35.5. The Labute approximate surface area is 238 Å². The van der Waals surface area contributed by atoms with Crippen molar-refractivity contribution in [2.24, 2.45) is 0 Å². The molecule has 0 bridgehead atoms. The van der Waals surface area contributed by atoms with Crippen LogP contribution in [-0.4, -0.2) is 54.7 Å². The van der Waals surface area contributed by atoms with E-state index < -0.39 is 22.5 Å². The van der Waals surface area contributed by atoms with E-state index in [1.165, 1.54) is 51.7 Å². The van der Waals surface area contributed by atoms with E-state index in [9.17, 15) is 18.0 Å². The fourth-order valence-electron chi connectivity index (χ4n) is 4.47. The van der Waals surface area contributed by atoms with E-state index in [-0.39, 0.29) is 33.0 Å². The summed E-state index contributed by atoms with van der Waals surface area (Å²) in [5.41, 5.74) is 2.08. The second-order valence-electron chi connectivity index (χ2n) is 9.04. The molecule has 40 heavy (non-hydrogen) atoms. The Morgan fingerprint density at radius 1 is 0.975 bits per heavy atom. The zero-order chi connectivity index (χ0) is 29.0. The highest BCUT2D eigenvalue weighted by Crippen LogP contribution is 2.37. The molecular formula is C28H30ClN3O7S. The molecule has 4 rings (SSSR count). The molecule has 0 aromatic heterocycles. The first-order chi connectivity index (χ1) is 19.1. The highest BCUT2D eigenvalue weighted by Gasteiger charge is 2.31. The highest BCUT2D eigenvalue weighted by molar-refractivity contribution is 7.92. The molecule has 2 amide bonds. The zero-order valence-corrected chi connectivity index (χ0v) is 24.1. The predicted octanol–water partition coefficient (Wildman–Crippen LogP) is 4.64. The Bertz CT molecular complexity index is 1540. The van der Waals surface area contributed by atoms with Crippen molar-refractivity contribution in [3.8, 4) is 17.2 Å². The van der Waals surface area contributed by atoms with Gasteiger partial charge in [-0.1, -0.05) is 17.7 Å². The number of carbonyl (C=O) groups excluding carboxylic acids is 2. The van der Waals surface area contributed by atoms with Crippen LogP contribution in [0.2, 0.25) is 5.02 Å². The number of sulfonamides is 1. The molecule has 0 unspecified atom stereocenters. The van der Waals surface area contributed by atoms with Gasteiger partial charge in [-0.25, -0.2) is 8.42 Å². The molecule has 0 atom stereocenters. The number of methoxy groups -OCH3 is 3. The Hall–Kier alpha value is -3.96. The molecule has 1 saturated heterocycles. The summed E-state index contributed by atoms with van der Waals surface area (Å²) in [5, 5.41) is 3.02. The number of amides is 2. The molecule has 3 aromatic rings. The maximum atomic E-state index is 14.0. The Kier molecular flexibility index (Phi) is 8.75. The minimum absolute atomic E-state index is 0.0202. The molecule has 0 aliphatic carbocycles. The van der Waals surface area contributed by atoms with Crippen LogP contribution in [-0.2, 0) is 19.6 Å². The smallest absolute Gasteiger partial charge is 0.265 e. The number of carbonyl (C=O) groups is 2. The molecule has 212 valence electrons. The summed E-state index contributed by atoms with van der Waals surface area (Å²) in [6, 6.07) is 13.8. The average Bonchev–Trinajstić information content (AvgIpc) is 3.37. The lowest BCUT2D eigenvalue weighted by atomic mass is 10.1. The summed E-state index contributed by atoms with van der Waals surface area (Å²) in [6.45, 7) is 1.89. The van der Waals surface area contributed by atoms with Crippen molar-refractivity contribution in [3.05, 3.63) is 65.2 Å². The van der Waals surface area contributed by atoms with E-state index in [4.69, 9.17) is 25.8 Å². The van der Waals surface area contributed by atoms with Crippen molar-refractivity contribution < 1.29 is 32.2 Å². The van der Waals surface area contributed by atoms with E-state index in [1.54, 1.807) is 29.2 Å². The van der Waals surface area contributed by atoms with E-state index >= 15 is 0 Å². The van der Waals surface area contributed by atoms with Gasteiger partial charge in [-0.15, -0.1) is 0 Å². The van der Waals surface area contributed by atoms with E-state index in [2.05, 4.69) is 5.32 Å². The molecule has 0 saturated carbocycles. The summed E-state index contributed by atoms with van der Waals surface area (Å²) in [6.07, 6.45) is 1.24. The summed E-state index contributed by atoms with van der Waals surface area (Å²) >= 11 is 6.23. The first-order valence-corrected chi connectivity index (χ1v) is 14.2. The molecule has 10 nitrogen and oxygen atoms in total. The van der Waals surface area contributed by atoms with Crippen molar-refractivity contribution in [2.75, 3.05) is 48.9 Å². The maximum absolute atomic E-state index is 14.0. The number of nitrogens with zero attached hydrogens (tertiary/aromatic N) is 2. The van der Waals surface area contributed by atoms with Gasteiger partial charge in [-0.05, 0) is 61.4 Å². The molecule has 1 heterocycles. The second kappa shape index (κ2) is 12.1. The van der Waals surface area contributed by atoms with Crippen LogP contribution in [0.3, 0.4) is 0 Å². The molecule has 0 spiro atoms. The van der Waals surface area contributed by atoms with Crippen molar-refractivity contribution in [3.63, 3.8) is 0 Å². The standard InChI is InChI=1S/C28H30ClN3O7S/c1-18-7-9-20(15-22(18)31-13-5-6-28(31)34)30-27(33)17-32(23-14-19(29)8-11-24(23)37-2)40(35,36)21-10-12-25(38-3)26(16-21)39-4/h7-12,14-16H,5-6,13,17H2,1-4H3,(H,30,33). The lowest BCUT2D eigenvalue weighted by Crippen LogP contribution is -2.38. The molecular weight excluding hydrogens is 558 g/mol. The molecule has 1 aliphatic heterocycles. The fraction of sp³-hybridized carbons (Fsp3) is 0.286. The Morgan fingerprint density at radius 3 is 2.33 bits per heavy atom. The third-order valence-electron chi connectivity index (χ3n) is 6.50. The van der Waals surface area contributed by atoms with Gasteiger partial charge in [0.1, 0.15) is 12.3 Å². The van der Waals surface area contributed by atoms with Crippen LogP contribution in [0.25, 0.3) is 0 Å². The first kappa shape index (κ1) is 29.0. The van der Waals surface area contributed by atoms with Gasteiger partial charge in [0.25, 0.3) is 10.0 Å². The molecule has 0 radical (unpaired) electrons. The van der Waals surface area contributed by atoms with Gasteiger partial charge >= 0.3 is 0 Å². The molecule has 1 aliphatic rings. The SMILES string of the molecule is COc1ccc(S(=O)(=O)N(CC(=O)Nc2ccc(C)c(N3CCCC3=O)c2)c2cc(Cl)ccc2OC)cc1OC. The number of hydrogen-bond acceptors (Lipinski definition) is 7. The molecule has 1 fully saturated rings. The van der Waals surface area contributed by atoms with Crippen LogP contribution in [0.4, 0.5) is 17.1 Å². The first-order valence-electron chi connectivity index (χ1n) is 12.4. The third kappa shape index (κ3) is 5.95. The Balaban J connectivity index is 1.71. The molecule has 12 heteroatoms. The van der Waals surface area contributed by atoms with Crippen molar-refractivity contribution in [1.82, 2.24) is 0 Å². The monoisotopic (exact) mass is 587 g/mol. The number of hydrogen-bond donors (Lipinski definition) is 1. The molecule has 1 N–H and O–H groups in total. The van der Waals surface area contributed by atoms with E-state index in [1.807, 2.05) is 6.92 Å². The summed E-state index contributed by atoms with van der Waals surface area (Å²) in [4.78, 5) is 27.2. The average molecular weight is 588 g/mol. The molecule has 3 aromatic carbocycles. The normalized spacial score (nSPS) is 13.2. The van der Waals surface area contributed by atoms with Crippen molar-refractivity contribution >= 4 is 50.5 Å². The van der Waals surface area contributed by atoms with Gasteiger partial charge < -0.3 is 24.4 Å². The van der Waals surface area contributed by atoms with Gasteiger partial charge in [0.05, 0.1) is 31.9 Å². The quantitative estimate of drug-likeness (QED) is 0.368. The van der Waals surface area contributed by atoms with Gasteiger partial charge in [0.15, 0.2) is 11.5 Å². The third-order valence-corrected chi connectivity index (χ3v) is 8.49. The van der Waals surface area contributed by atoms with Crippen molar-refractivity contribution in [1.29, 1.82) is 0 Å². The Morgan fingerprint density at radius 2 is 1.68 bits per heavy atom. The van der Waals surface area contributed by atoms with Gasteiger partial charge in [0, 0.05) is 35.4 Å². The summed E-state index contributed by atoms with van der Waals surface area (Å²) in [5.74, 6) is 0.152. The van der Waals surface area contributed by atoms with E-state index in [0.29, 0.717) is 30.1 Å². The summed E-state index contributed by atoms with van der Waals surface area (Å²) in [7, 11) is -0.114. The van der Waals surface area contributed by atoms with Crippen molar-refractivity contribution in [2.45, 2.75) is 24.7 Å². The largest absolute Gasteiger partial charge is 0.495 e. The number of nitrogens with one attached hydrogen (secondary N) is 1. The van der Waals surface area contributed by atoms with Crippen LogP contribution < -0.4 is 28.7 Å². The van der Waals surface area contributed by atoms with Crippen LogP contribution in [0.1, 0.15) is 18.4 Å². The minimum atomic E-state index is -4.34. The number of benzene rings is 3.